The highest BCUT2D eigenvalue weighted by Gasteiger charge is 2.19. The Morgan fingerprint density at radius 1 is 1.11 bits per heavy atom. The van der Waals surface area contributed by atoms with Crippen LogP contribution < -0.4 is 10.0 Å². The third kappa shape index (κ3) is 4.85. The number of halogens is 2. The summed E-state index contributed by atoms with van der Waals surface area (Å²) >= 11 is 6.07. The molecule has 9 heteroatoms. The lowest BCUT2D eigenvalue weighted by atomic mass is 10.2. The zero-order valence-corrected chi connectivity index (χ0v) is 16.0. The highest BCUT2D eigenvalue weighted by molar-refractivity contribution is 7.92. The molecule has 1 aromatic heterocycles. The van der Waals surface area contributed by atoms with Gasteiger partial charge in [-0.05, 0) is 54.1 Å². The molecule has 144 valence electrons. The van der Waals surface area contributed by atoms with E-state index in [0.29, 0.717) is 0 Å². The van der Waals surface area contributed by atoms with Crippen LogP contribution in [0.2, 0.25) is 5.02 Å². The number of hydrogen-bond acceptors (Lipinski definition) is 4. The van der Waals surface area contributed by atoms with Crippen molar-refractivity contribution in [1.82, 2.24) is 10.3 Å². The van der Waals surface area contributed by atoms with Crippen molar-refractivity contribution in [3.8, 4) is 0 Å². The summed E-state index contributed by atoms with van der Waals surface area (Å²) in [5.41, 5.74) is 1.00. The van der Waals surface area contributed by atoms with E-state index in [0.717, 1.165) is 17.7 Å². The van der Waals surface area contributed by atoms with Crippen LogP contribution in [0.15, 0.2) is 71.9 Å². The second-order valence-electron chi connectivity index (χ2n) is 5.80. The number of hydrogen-bond donors (Lipinski definition) is 2. The lowest BCUT2D eigenvalue weighted by Crippen LogP contribution is -2.24. The van der Waals surface area contributed by atoms with Crippen molar-refractivity contribution in [3.05, 3.63) is 89.0 Å². The van der Waals surface area contributed by atoms with Gasteiger partial charge in [0.15, 0.2) is 0 Å². The maximum Gasteiger partial charge on any atom is 0.261 e. The Bertz CT molecular complexity index is 1090. The van der Waals surface area contributed by atoms with Gasteiger partial charge in [-0.1, -0.05) is 17.7 Å². The molecule has 3 rings (SSSR count). The van der Waals surface area contributed by atoms with Crippen LogP contribution in [0.3, 0.4) is 0 Å². The van der Waals surface area contributed by atoms with Crippen molar-refractivity contribution < 1.29 is 17.6 Å². The number of carbonyl (C=O) groups excluding carboxylic acids is 1. The van der Waals surface area contributed by atoms with E-state index in [-0.39, 0.29) is 27.7 Å². The minimum absolute atomic E-state index is 0.0209. The minimum Gasteiger partial charge on any atom is -0.348 e. The van der Waals surface area contributed by atoms with Gasteiger partial charge in [0.25, 0.3) is 15.9 Å². The van der Waals surface area contributed by atoms with E-state index < -0.39 is 21.7 Å². The molecule has 1 heterocycles. The van der Waals surface area contributed by atoms with Gasteiger partial charge in [0, 0.05) is 24.6 Å². The van der Waals surface area contributed by atoms with Crippen LogP contribution in [-0.4, -0.2) is 19.3 Å². The largest absolute Gasteiger partial charge is 0.348 e. The molecule has 3 aromatic rings. The third-order valence-corrected chi connectivity index (χ3v) is 5.47. The molecule has 0 bridgehead atoms. The van der Waals surface area contributed by atoms with Gasteiger partial charge in [0.1, 0.15) is 5.82 Å². The van der Waals surface area contributed by atoms with Gasteiger partial charge in [-0.15, -0.1) is 0 Å². The van der Waals surface area contributed by atoms with Crippen LogP contribution in [0.5, 0.6) is 0 Å². The van der Waals surface area contributed by atoms with Gasteiger partial charge in [0.2, 0.25) is 0 Å². The van der Waals surface area contributed by atoms with Crippen molar-refractivity contribution in [2.45, 2.75) is 11.4 Å². The summed E-state index contributed by atoms with van der Waals surface area (Å²) < 4.78 is 40.4. The molecule has 0 aliphatic rings. The van der Waals surface area contributed by atoms with Gasteiger partial charge in [-0.2, -0.15) is 0 Å². The molecule has 0 aliphatic carbocycles. The molecule has 1 amide bonds. The fourth-order valence-corrected chi connectivity index (χ4v) is 3.65. The molecule has 2 N–H and O–H groups in total. The fraction of sp³-hybridized carbons (Fsp3) is 0.0526. The highest BCUT2D eigenvalue weighted by atomic mass is 35.5. The zero-order chi connectivity index (χ0) is 20.1. The van der Waals surface area contributed by atoms with Gasteiger partial charge in [0.05, 0.1) is 15.5 Å². The second kappa shape index (κ2) is 8.37. The van der Waals surface area contributed by atoms with Crippen molar-refractivity contribution in [1.29, 1.82) is 0 Å². The van der Waals surface area contributed by atoms with Gasteiger partial charge >= 0.3 is 0 Å². The minimum atomic E-state index is -3.99. The predicted octanol–water partition coefficient (Wildman–Crippen LogP) is 3.60. The van der Waals surface area contributed by atoms with Gasteiger partial charge in [-0.25, -0.2) is 12.8 Å². The van der Waals surface area contributed by atoms with Crippen LogP contribution in [0.1, 0.15) is 15.9 Å². The van der Waals surface area contributed by atoms with E-state index in [1.807, 2.05) is 0 Å². The predicted molar refractivity (Wildman–Crippen MR) is 104 cm³/mol. The first-order chi connectivity index (χ1) is 13.3. The van der Waals surface area contributed by atoms with E-state index >= 15 is 0 Å². The van der Waals surface area contributed by atoms with Gasteiger partial charge in [-0.3, -0.25) is 14.5 Å². The summed E-state index contributed by atoms with van der Waals surface area (Å²) in [6.07, 6.45) is 3.22. The first-order valence-corrected chi connectivity index (χ1v) is 9.96. The van der Waals surface area contributed by atoms with Crippen LogP contribution in [0.25, 0.3) is 0 Å². The number of sulfonamides is 1. The molecule has 0 radical (unpaired) electrons. The van der Waals surface area contributed by atoms with Crippen molar-refractivity contribution in [2.75, 3.05) is 4.72 Å². The van der Waals surface area contributed by atoms with E-state index in [1.165, 1.54) is 30.3 Å². The number of anilines is 1. The van der Waals surface area contributed by atoms with E-state index in [4.69, 9.17) is 11.6 Å². The van der Waals surface area contributed by atoms with Crippen LogP contribution in [0.4, 0.5) is 10.1 Å². The number of rotatable bonds is 6. The summed E-state index contributed by atoms with van der Waals surface area (Å²) in [4.78, 5) is 16.3. The first kappa shape index (κ1) is 19.8. The second-order valence-corrected chi connectivity index (χ2v) is 7.89. The molecule has 0 unspecified atom stereocenters. The van der Waals surface area contributed by atoms with Crippen molar-refractivity contribution in [3.63, 3.8) is 0 Å². The Balaban J connectivity index is 1.79. The van der Waals surface area contributed by atoms with E-state index in [9.17, 15) is 17.6 Å². The van der Waals surface area contributed by atoms with Crippen molar-refractivity contribution in [2.24, 2.45) is 0 Å². The molecule has 0 fully saturated rings. The first-order valence-electron chi connectivity index (χ1n) is 8.10. The number of amides is 1. The molecule has 6 nitrogen and oxygen atoms in total. The summed E-state index contributed by atoms with van der Waals surface area (Å²) in [6, 6.07) is 12.2. The molecular formula is C19H15ClFN3O3S. The standard InChI is InChI=1S/C19H15ClFN3O3S/c20-18-8-7-16(28(26,27)24-15-5-3-14(21)4-6-15)10-17(18)19(25)23-12-13-2-1-9-22-11-13/h1-11,24H,12H2,(H,23,25). The lowest BCUT2D eigenvalue weighted by molar-refractivity contribution is 0.0951. The molecule has 0 spiro atoms. The Morgan fingerprint density at radius 3 is 2.54 bits per heavy atom. The average Bonchev–Trinajstić information content (AvgIpc) is 2.69. The molecule has 28 heavy (non-hydrogen) atoms. The molecule has 0 saturated carbocycles. The summed E-state index contributed by atoms with van der Waals surface area (Å²) in [5.74, 6) is -1.00. The van der Waals surface area contributed by atoms with E-state index in [2.05, 4.69) is 15.0 Å². The number of aromatic nitrogens is 1. The number of benzene rings is 2. The number of carbonyl (C=O) groups is 1. The van der Waals surface area contributed by atoms with E-state index in [1.54, 1.807) is 24.5 Å². The highest BCUT2D eigenvalue weighted by Crippen LogP contribution is 2.23. The average molecular weight is 420 g/mol. The molecule has 0 atom stereocenters. The van der Waals surface area contributed by atoms with Crippen LogP contribution in [0, 0.1) is 5.82 Å². The Morgan fingerprint density at radius 2 is 1.86 bits per heavy atom. The SMILES string of the molecule is O=C(NCc1cccnc1)c1cc(S(=O)(=O)Nc2ccc(F)cc2)ccc1Cl. The van der Waals surface area contributed by atoms with Crippen LogP contribution in [-0.2, 0) is 16.6 Å². The maximum atomic E-state index is 13.0. The van der Waals surface area contributed by atoms with Crippen LogP contribution >= 0.6 is 11.6 Å². The Labute approximate surface area is 166 Å². The number of pyridine rings is 1. The molecular weight excluding hydrogens is 405 g/mol. The summed E-state index contributed by atoms with van der Waals surface area (Å²) in [6.45, 7) is 0.216. The molecule has 0 saturated heterocycles. The quantitative estimate of drug-likeness (QED) is 0.639. The van der Waals surface area contributed by atoms with Crippen molar-refractivity contribution >= 4 is 33.2 Å². The number of nitrogens with one attached hydrogen (secondary N) is 2. The molecule has 0 aliphatic heterocycles. The third-order valence-electron chi connectivity index (χ3n) is 3.77. The Kier molecular flexibility index (Phi) is 5.91. The molecule has 2 aromatic carbocycles. The lowest BCUT2D eigenvalue weighted by Gasteiger charge is -2.11. The smallest absolute Gasteiger partial charge is 0.261 e. The summed E-state index contributed by atoms with van der Waals surface area (Å²) in [5, 5.41) is 2.79. The zero-order valence-electron chi connectivity index (χ0n) is 14.4. The monoisotopic (exact) mass is 419 g/mol. The normalized spacial score (nSPS) is 11.1. The van der Waals surface area contributed by atoms with Gasteiger partial charge < -0.3 is 5.32 Å². The Hall–Kier alpha value is -2.97. The number of nitrogens with zero attached hydrogens (tertiary/aromatic N) is 1. The summed E-state index contributed by atoms with van der Waals surface area (Å²) in [7, 11) is -3.99. The fourth-order valence-electron chi connectivity index (χ4n) is 2.36. The maximum absolute atomic E-state index is 13.0. The topological polar surface area (TPSA) is 88.2 Å².